The molecule has 2 aliphatic rings. The molecule has 0 bridgehead atoms. The van der Waals surface area contributed by atoms with Crippen LogP contribution in [0.4, 0.5) is 0 Å². The maximum atomic E-state index is 12.0. The largest absolute Gasteiger partial charge is 0.359 e. The van der Waals surface area contributed by atoms with Crippen LogP contribution in [0, 0.1) is 0 Å². The van der Waals surface area contributed by atoms with Gasteiger partial charge in [-0.15, -0.1) is 0 Å². The van der Waals surface area contributed by atoms with E-state index < -0.39 is 15.6 Å². The van der Waals surface area contributed by atoms with Gasteiger partial charge in [0, 0.05) is 12.0 Å². The van der Waals surface area contributed by atoms with Gasteiger partial charge in [-0.2, -0.15) is 0 Å². The summed E-state index contributed by atoms with van der Waals surface area (Å²) in [7, 11) is -2.91. The molecule has 0 aromatic carbocycles. The molecule has 0 spiro atoms. The van der Waals surface area contributed by atoms with Crippen molar-refractivity contribution in [1.29, 1.82) is 0 Å². The number of hydrogen-bond donors (Lipinski definition) is 1. The average Bonchev–Trinajstić information content (AvgIpc) is 2.45. The Kier molecular flexibility index (Phi) is 3.30. The van der Waals surface area contributed by atoms with Crippen LogP contribution in [0.1, 0.15) is 46.5 Å². The lowest BCUT2D eigenvalue weighted by Crippen LogP contribution is -2.49. The Morgan fingerprint density at radius 1 is 1.29 bits per heavy atom. The van der Waals surface area contributed by atoms with Gasteiger partial charge in [0.25, 0.3) is 0 Å². The van der Waals surface area contributed by atoms with E-state index >= 15 is 0 Å². The van der Waals surface area contributed by atoms with Crippen molar-refractivity contribution in [3.05, 3.63) is 0 Å². The van der Waals surface area contributed by atoms with Crippen molar-refractivity contribution in [2.75, 3.05) is 12.4 Å². The molecule has 5 heteroatoms. The van der Waals surface area contributed by atoms with Crippen LogP contribution < -0.4 is 5.32 Å². The molecule has 4 nitrogen and oxygen atoms in total. The van der Waals surface area contributed by atoms with Crippen LogP contribution in [-0.4, -0.2) is 37.3 Å². The minimum atomic E-state index is -2.91. The average molecular weight is 261 g/mol. The topological polar surface area (TPSA) is 55.4 Å². The van der Waals surface area contributed by atoms with Crippen LogP contribution in [0.5, 0.6) is 0 Å². The quantitative estimate of drug-likeness (QED) is 0.817. The first-order valence-electron chi connectivity index (χ1n) is 6.37. The molecule has 2 aliphatic heterocycles. The molecule has 17 heavy (non-hydrogen) atoms. The molecule has 2 unspecified atom stereocenters. The third-order valence-electron chi connectivity index (χ3n) is 3.68. The van der Waals surface area contributed by atoms with Crippen molar-refractivity contribution < 1.29 is 13.2 Å². The summed E-state index contributed by atoms with van der Waals surface area (Å²) in [6, 6.07) is 0. The van der Waals surface area contributed by atoms with Crippen molar-refractivity contribution >= 4 is 9.84 Å². The highest BCUT2D eigenvalue weighted by Crippen LogP contribution is 2.32. The molecule has 2 saturated heterocycles. The number of hydrogen-bond acceptors (Lipinski definition) is 4. The summed E-state index contributed by atoms with van der Waals surface area (Å²) in [5.41, 5.74) is -0.550. The number of rotatable bonds is 2. The zero-order valence-electron chi connectivity index (χ0n) is 11.0. The zero-order chi connectivity index (χ0) is 12.7. The van der Waals surface area contributed by atoms with Crippen molar-refractivity contribution in [3.8, 4) is 0 Å². The van der Waals surface area contributed by atoms with Gasteiger partial charge < -0.3 is 4.74 Å². The van der Waals surface area contributed by atoms with Crippen LogP contribution in [0.2, 0.25) is 0 Å². The molecular formula is C12H23NO3S. The smallest absolute Gasteiger partial charge is 0.153 e. The third-order valence-corrected chi connectivity index (χ3v) is 5.96. The first-order chi connectivity index (χ1) is 7.73. The van der Waals surface area contributed by atoms with Gasteiger partial charge in [0.2, 0.25) is 0 Å². The van der Waals surface area contributed by atoms with Crippen LogP contribution in [-0.2, 0) is 14.6 Å². The standard InChI is InChI=1S/C12H23NO3S/c1-11(2)9-16-12(3,13-11)8-10-6-4-5-7-17(10,14)15/h10,13H,4-9H2,1-3H3. The summed E-state index contributed by atoms with van der Waals surface area (Å²) in [4.78, 5) is 0. The summed E-state index contributed by atoms with van der Waals surface area (Å²) in [6.45, 7) is 6.75. The Balaban J connectivity index is 2.06. The van der Waals surface area contributed by atoms with E-state index in [2.05, 4.69) is 19.2 Å². The SMILES string of the molecule is CC1(C)COC(C)(CC2CCCCS2(=O)=O)N1. The Morgan fingerprint density at radius 3 is 2.53 bits per heavy atom. The van der Waals surface area contributed by atoms with Gasteiger partial charge in [0.1, 0.15) is 5.72 Å². The lowest BCUT2D eigenvalue weighted by atomic mass is 10.0. The van der Waals surface area contributed by atoms with Crippen LogP contribution >= 0.6 is 0 Å². The molecule has 0 radical (unpaired) electrons. The summed E-state index contributed by atoms with van der Waals surface area (Å²) < 4.78 is 29.8. The molecule has 2 rings (SSSR count). The van der Waals surface area contributed by atoms with E-state index in [0.29, 0.717) is 18.8 Å². The monoisotopic (exact) mass is 261 g/mol. The number of nitrogens with one attached hydrogen (secondary N) is 1. The lowest BCUT2D eigenvalue weighted by molar-refractivity contribution is -0.00217. The third kappa shape index (κ3) is 3.01. The van der Waals surface area contributed by atoms with Crippen molar-refractivity contribution in [1.82, 2.24) is 5.32 Å². The van der Waals surface area contributed by atoms with Gasteiger partial charge in [-0.05, 0) is 33.6 Å². The predicted octanol–water partition coefficient (Wildman–Crippen LogP) is 1.46. The van der Waals surface area contributed by atoms with Crippen LogP contribution in [0.3, 0.4) is 0 Å². The molecule has 0 aliphatic carbocycles. The molecule has 2 fully saturated rings. The van der Waals surface area contributed by atoms with Gasteiger partial charge in [-0.1, -0.05) is 6.42 Å². The predicted molar refractivity (Wildman–Crippen MR) is 67.6 cm³/mol. The van der Waals surface area contributed by atoms with Gasteiger partial charge in [0.15, 0.2) is 9.84 Å². The maximum absolute atomic E-state index is 12.0. The normalized spacial score (nSPS) is 40.3. The van der Waals surface area contributed by atoms with E-state index in [1.165, 1.54) is 0 Å². The Labute approximate surface area is 104 Å². The van der Waals surface area contributed by atoms with E-state index in [-0.39, 0.29) is 10.8 Å². The Morgan fingerprint density at radius 2 is 2.00 bits per heavy atom. The Bertz CT molecular complexity index is 391. The minimum absolute atomic E-state index is 0.0623. The highest BCUT2D eigenvalue weighted by molar-refractivity contribution is 7.92. The van der Waals surface area contributed by atoms with E-state index in [0.717, 1.165) is 19.3 Å². The second-order valence-corrected chi connectivity index (χ2v) is 8.62. The second kappa shape index (κ2) is 4.21. The van der Waals surface area contributed by atoms with Crippen molar-refractivity contribution in [3.63, 3.8) is 0 Å². The van der Waals surface area contributed by atoms with E-state index in [1.54, 1.807) is 0 Å². The van der Waals surface area contributed by atoms with Crippen LogP contribution in [0.25, 0.3) is 0 Å². The summed E-state index contributed by atoms with van der Waals surface area (Å²) >= 11 is 0. The second-order valence-electron chi connectivity index (χ2n) is 6.22. The molecule has 0 amide bonds. The molecule has 2 atom stereocenters. The minimum Gasteiger partial charge on any atom is -0.359 e. The molecule has 0 aromatic rings. The van der Waals surface area contributed by atoms with Gasteiger partial charge in [0.05, 0.1) is 17.6 Å². The van der Waals surface area contributed by atoms with Gasteiger partial charge >= 0.3 is 0 Å². The van der Waals surface area contributed by atoms with E-state index in [4.69, 9.17) is 4.74 Å². The van der Waals surface area contributed by atoms with Crippen molar-refractivity contribution in [2.24, 2.45) is 0 Å². The van der Waals surface area contributed by atoms with Gasteiger partial charge in [-0.3, -0.25) is 5.32 Å². The fourth-order valence-corrected chi connectivity index (χ4v) is 4.96. The summed E-state index contributed by atoms with van der Waals surface area (Å²) in [5, 5.41) is 3.17. The Hall–Kier alpha value is -0.130. The fraction of sp³-hybridized carbons (Fsp3) is 1.00. The van der Waals surface area contributed by atoms with Crippen LogP contribution in [0.15, 0.2) is 0 Å². The summed E-state index contributed by atoms with van der Waals surface area (Å²) in [5.74, 6) is 0.344. The van der Waals surface area contributed by atoms with E-state index in [1.807, 2.05) is 6.92 Å². The lowest BCUT2D eigenvalue weighted by Gasteiger charge is -2.32. The molecule has 1 N–H and O–H groups in total. The van der Waals surface area contributed by atoms with Gasteiger partial charge in [-0.25, -0.2) is 8.42 Å². The maximum Gasteiger partial charge on any atom is 0.153 e. The molecule has 0 aromatic heterocycles. The fourth-order valence-electron chi connectivity index (χ4n) is 2.92. The number of ether oxygens (including phenoxy) is 1. The van der Waals surface area contributed by atoms with Crippen molar-refractivity contribution in [2.45, 2.75) is 63.0 Å². The number of sulfone groups is 1. The molecule has 100 valence electrons. The zero-order valence-corrected chi connectivity index (χ0v) is 11.8. The highest BCUT2D eigenvalue weighted by atomic mass is 32.2. The highest BCUT2D eigenvalue weighted by Gasteiger charge is 2.44. The molecule has 2 heterocycles. The first-order valence-corrected chi connectivity index (χ1v) is 8.09. The molecule has 0 saturated carbocycles. The van der Waals surface area contributed by atoms with E-state index in [9.17, 15) is 8.42 Å². The first kappa shape index (κ1) is 13.3. The molecular weight excluding hydrogens is 238 g/mol. The summed E-state index contributed by atoms with van der Waals surface area (Å²) in [6.07, 6.45) is 3.18.